The molecular weight excluding hydrogens is 749 g/mol. The molecule has 2 nitrogen and oxygen atoms in total. The van der Waals surface area contributed by atoms with E-state index in [1.54, 1.807) is 0 Å². The van der Waals surface area contributed by atoms with Crippen molar-refractivity contribution in [3.05, 3.63) is 255 Å². The first kappa shape index (κ1) is 36.8. The molecule has 0 radical (unpaired) electrons. The highest BCUT2D eigenvalue weighted by molar-refractivity contribution is 6.15. The van der Waals surface area contributed by atoms with Crippen LogP contribution >= 0.6 is 0 Å². The van der Waals surface area contributed by atoms with Crippen LogP contribution in [0.15, 0.2) is 255 Å². The van der Waals surface area contributed by atoms with E-state index in [2.05, 4.69) is 264 Å². The van der Waals surface area contributed by atoms with Gasteiger partial charge in [0.15, 0.2) is 0 Å². The van der Waals surface area contributed by atoms with Gasteiger partial charge < -0.3 is 9.47 Å². The van der Waals surface area contributed by atoms with Gasteiger partial charge in [-0.1, -0.05) is 188 Å². The zero-order valence-electron chi connectivity index (χ0n) is 34.1. The molecule has 0 saturated carbocycles. The van der Waals surface area contributed by atoms with Crippen LogP contribution in [-0.2, 0) is 0 Å². The maximum Gasteiger partial charge on any atom is 0.0547 e. The number of hydrogen-bond donors (Lipinski definition) is 0. The van der Waals surface area contributed by atoms with Crippen molar-refractivity contribution in [2.45, 2.75) is 0 Å². The Morgan fingerprint density at radius 3 is 1.27 bits per heavy atom. The third-order valence-corrected chi connectivity index (χ3v) is 12.0. The van der Waals surface area contributed by atoms with Crippen molar-refractivity contribution in [3.63, 3.8) is 0 Å². The van der Waals surface area contributed by atoms with Crippen molar-refractivity contribution in [1.82, 2.24) is 4.57 Å². The molecule has 0 spiro atoms. The Kier molecular flexibility index (Phi) is 9.57. The number of aromatic nitrogens is 1. The van der Waals surface area contributed by atoms with Crippen LogP contribution in [0, 0.1) is 0 Å². The van der Waals surface area contributed by atoms with E-state index in [-0.39, 0.29) is 0 Å². The summed E-state index contributed by atoms with van der Waals surface area (Å²) in [6.07, 6.45) is 0. The maximum atomic E-state index is 2.39. The van der Waals surface area contributed by atoms with Gasteiger partial charge in [-0.25, -0.2) is 0 Å². The molecule has 1 aromatic heterocycles. The summed E-state index contributed by atoms with van der Waals surface area (Å²) >= 11 is 0. The van der Waals surface area contributed by atoms with E-state index in [0.717, 1.165) is 28.3 Å². The van der Waals surface area contributed by atoms with Gasteiger partial charge in [0.2, 0.25) is 0 Å². The first-order chi connectivity index (χ1) is 30.7. The minimum atomic E-state index is 1.09. The average molecular weight is 791 g/mol. The van der Waals surface area contributed by atoms with Crippen molar-refractivity contribution < 1.29 is 0 Å². The van der Waals surface area contributed by atoms with E-state index in [4.69, 9.17) is 0 Å². The minimum Gasteiger partial charge on any atom is -0.310 e. The SMILES string of the molecule is c1ccc(-c2ccc(-c3ccc(N(c4ccc(-c5ccccc5)cc4)c4cccc(-c5cccc(-c6cccc7c6c6ccccc6n7-c6ccccc6)c5)c4)cc3)cc2)cc1. The zero-order valence-corrected chi connectivity index (χ0v) is 34.1. The Labute approximate surface area is 362 Å². The van der Waals surface area contributed by atoms with Crippen LogP contribution in [0.4, 0.5) is 17.1 Å². The van der Waals surface area contributed by atoms with Crippen LogP contribution in [-0.4, -0.2) is 4.57 Å². The van der Waals surface area contributed by atoms with Crippen molar-refractivity contribution in [1.29, 1.82) is 0 Å². The fourth-order valence-electron chi connectivity index (χ4n) is 8.98. The van der Waals surface area contributed by atoms with Gasteiger partial charge in [0.1, 0.15) is 0 Å². The van der Waals surface area contributed by atoms with Gasteiger partial charge in [-0.15, -0.1) is 0 Å². The number of fused-ring (bicyclic) bond motifs is 3. The van der Waals surface area contributed by atoms with E-state index in [1.165, 1.54) is 71.9 Å². The van der Waals surface area contributed by atoms with Crippen molar-refractivity contribution in [2.24, 2.45) is 0 Å². The lowest BCUT2D eigenvalue weighted by Gasteiger charge is -2.26. The summed E-state index contributed by atoms with van der Waals surface area (Å²) in [7, 11) is 0. The lowest BCUT2D eigenvalue weighted by atomic mass is 9.95. The lowest BCUT2D eigenvalue weighted by molar-refractivity contribution is 1.18. The Bertz CT molecular complexity index is 3290. The van der Waals surface area contributed by atoms with Crippen molar-refractivity contribution >= 4 is 38.9 Å². The molecule has 0 bridgehead atoms. The number of hydrogen-bond acceptors (Lipinski definition) is 1. The molecule has 0 N–H and O–H groups in total. The van der Waals surface area contributed by atoms with Gasteiger partial charge in [-0.3, -0.25) is 0 Å². The summed E-state index contributed by atoms with van der Waals surface area (Å²) in [5, 5.41) is 2.51. The van der Waals surface area contributed by atoms with Gasteiger partial charge in [0.05, 0.1) is 11.0 Å². The van der Waals surface area contributed by atoms with Gasteiger partial charge in [0.25, 0.3) is 0 Å². The molecule has 11 aromatic rings. The third-order valence-electron chi connectivity index (χ3n) is 12.0. The van der Waals surface area contributed by atoms with E-state index in [9.17, 15) is 0 Å². The van der Waals surface area contributed by atoms with Crippen LogP contribution in [0.3, 0.4) is 0 Å². The quantitative estimate of drug-likeness (QED) is 0.141. The predicted molar refractivity (Wildman–Crippen MR) is 263 cm³/mol. The molecular formula is C60H42N2. The normalized spacial score (nSPS) is 11.2. The summed E-state index contributed by atoms with van der Waals surface area (Å²) in [5.74, 6) is 0. The summed E-state index contributed by atoms with van der Waals surface area (Å²) < 4.78 is 2.39. The first-order valence-electron chi connectivity index (χ1n) is 21.3. The molecule has 11 rings (SSSR count). The van der Waals surface area contributed by atoms with Crippen molar-refractivity contribution in [3.8, 4) is 61.3 Å². The Morgan fingerprint density at radius 2 is 0.677 bits per heavy atom. The molecule has 0 aliphatic rings. The Hall–Kier alpha value is -8.20. The average Bonchev–Trinajstić information content (AvgIpc) is 3.70. The topological polar surface area (TPSA) is 8.17 Å². The third kappa shape index (κ3) is 6.94. The molecule has 10 aromatic carbocycles. The largest absolute Gasteiger partial charge is 0.310 e. The predicted octanol–water partition coefficient (Wildman–Crippen LogP) is 16.6. The second-order valence-electron chi connectivity index (χ2n) is 15.8. The molecule has 0 atom stereocenters. The van der Waals surface area contributed by atoms with Gasteiger partial charge >= 0.3 is 0 Å². The van der Waals surface area contributed by atoms with Crippen LogP contribution in [0.1, 0.15) is 0 Å². The van der Waals surface area contributed by atoms with Gasteiger partial charge in [0, 0.05) is 33.5 Å². The summed E-state index contributed by atoms with van der Waals surface area (Å²) in [4.78, 5) is 2.36. The Morgan fingerprint density at radius 1 is 0.258 bits per heavy atom. The summed E-state index contributed by atoms with van der Waals surface area (Å²) in [6.45, 7) is 0. The highest BCUT2D eigenvalue weighted by Gasteiger charge is 2.18. The second-order valence-corrected chi connectivity index (χ2v) is 15.8. The molecule has 1 heterocycles. The minimum absolute atomic E-state index is 1.09. The van der Waals surface area contributed by atoms with E-state index < -0.39 is 0 Å². The summed E-state index contributed by atoms with van der Waals surface area (Å²) in [6, 6.07) is 91.9. The molecule has 62 heavy (non-hydrogen) atoms. The molecule has 0 saturated heterocycles. The molecule has 0 fully saturated rings. The van der Waals surface area contributed by atoms with Crippen LogP contribution < -0.4 is 4.90 Å². The fraction of sp³-hybridized carbons (Fsp3) is 0. The van der Waals surface area contributed by atoms with Crippen LogP contribution in [0.5, 0.6) is 0 Å². The van der Waals surface area contributed by atoms with E-state index in [0.29, 0.717) is 0 Å². The Balaban J connectivity index is 0.976. The standard InChI is InChI=1S/C60H42N2/c1-4-15-43(16-5-1)45-29-31-46(32-30-45)48-35-39-54(40-36-48)61(53-37-33-47(34-38-53)44-17-6-2-7-18-44)55-24-13-20-50(42-55)49-19-12-21-51(41-49)56-26-14-28-59-60(56)57-25-10-11-27-58(57)62(59)52-22-8-3-9-23-52/h1-42H. The van der Waals surface area contributed by atoms with Gasteiger partial charge in [-0.05, 0) is 122 Å². The van der Waals surface area contributed by atoms with Crippen LogP contribution in [0.25, 0.3) is 83.1 Å². The number of benzene rings is 10. The molecule has 2 heteroatoms. The fourth-order valence-corrected chi connectivity index (χ4v) is 8.98. The lowest BCUT2D eigenvalue weighted by Crippen LogP contribution is -2.10. The molecule has 0 aliphatic carbocycles. The second kappa shape index (κ2) is 16.1. The van der Waals surface area contributed by atoms with E-state index in [1.807, 2.05) is 0 Å². The highest BCUT2D eigenvalue weighted by atomic mass is 15.1. The highest BCUT2D eigenvalue weighted by Crippen LogP contribution is 2.41. The summed E-state index contributed by atoms with van der Waals surface area (Å²) in [5.41, 5.74) is 18.8. The first-order valence-corrected chi connectivity index (χ1v) is 21.3. The number of anilines is 3. The zero-order chi connectivity index (χ0) is 41.2. The molecule has 292 valence electrons. The van der Waals surface area contributed by atoms with E-state index >= 15 is 0 Å². The smallest absolute Gasteiger partial charge is 0.0547 e. The maximum absolute atomic E-state index is 2.39. The molecule has 0 unspecified atom stereocenters. The monoisotopic (exact) mass is 790 g/mol. The molecule has 0 aliphatic heterocycles. The number of nitrogens with zero attached hydrogens (tertiary/aromatic N) is 2. The number of para-hydroxylation sites is 2. The van der Waals surface area contributed by atoms with Crippen molar-refractivity contribution in [2.75, 3.05) is 4.90 Å². The molecule has 0 amide bonds. The van der Waals surface area contributed by atoms with Gasteiger partial charge in [-0.2, -0.15) is 0 Å². The van der Waals surface area contributed by atoms with Crippen LogP contribution in [0.2, 0.25) is 0 Å². The number of rotatable bonds is 9.